The summed E-state index contributed by atoms with van der Waals surface area (Å²) in [7, 11) is 0. The molecular weight excluding hydrogens is 290 g/mol. The van der Waals surface area contributed by atoms with E-state index in [-0.39, 0.29) is 6.54 Å². The summed E-state index contributed by atoms with van der Waals surface area (Å²) < 4.78 is 0.996. The van der Waals surface area contributed by atoms with Gasteiger partial charge in [0.2, 0.25) is 0 Å². The standard InChI is InChI=1S/C14H17N3O3S/c1-8-4-5-9-10(6-8)21-13(16-9)17-12(20)15-7-14(2,3)11(18)19/h4-6H,7H2,1-3H3,(H,18,19)(H2,15,16,17,20). The summed E-state index contributed by atoms with van der Waals surface area (Å²) in [5.74, 6) is -0.960. The lowest BCUT2D eigenvalue weighted by molar-refractivity contribution is -0.146. The number of amides is 2. The Kier molecular flexibility index (Phi) is 4.13. The highest BCUT2D eigenvalue weighted by Gasteiger charge is 2.27. The van der Waals surface area contributed by atoms with Crippen molar-refractivity contribution in [1.29, 1.82) is 0 Å². The molecule has 1 heterocycles. The summed E-state index contributed by atoms with van der Waals surface area (Å²) in [4.78, 5) is 27.0. The molecule has 7 heteroatoms. The van der Waals surface area contributed by atoms with Crippen molar-refractivity contribution < 1.29 is 14.7 Å². The number of aromatic nitrogens is 1. The van der Waals surface area contributed by atoms with E-state index in [0.29, 0.717) is 5.13 Å². The van der Waals surface area contributed by atoms with Crippen molar-refractivity contribution in [3.05, 3.63) is 23.8 Å². The van der Waals surface area contributed by atoms with E-state index in [9.17, 15) is 9.59 Å². The molecule has 0 bridgehead atoms. The average molecular weight is 307 g/mol. The van der Waals surface area contributed by atoms with Crippen LogP contribution >= 0.6 is 11.3 Å². The molecule has 2 rings (SSSR count). The monoisotopic (exact) mass is 307 g/mol. The normalized spacial score (nSPS) is 11.4. The van der Waals surface area contributed by atoms with Crippen LogP contribution in [0.5, 0.6) is 0 Å². The number of fused-ring (bicyclic) bond motifs is 1. The van der Waals surface area contributed by atoms with Gasteiger partial charge in [0.25, 0.3) is 0 Å². The van der Waals surface area contributed by atoms with Gasteiger partial charge in [-0.3, -0.25) is 10.1 Å². The maximum Gasteiger partial charge on any atom is 0.321 e. The number of carbonyl (C=O) groups excluding carboxylic acids is 1. The van der Waals surface area contributed by atoms with Crippen LogP contribution in [0.15, 0.2) is 18.2 Å². The van der Waals surface area contributed by atoms with Gasteiger partial charge in [0, 0.05) is 6.54 Å². The van der Waals surface area contributed by atoms with Gasteiger partial charge >= 0.3 is 12.0 Å². The molecule has 0 aliphatic rings. The molecule has 0 saturated carbocycles. The number of urea groups is 1. The first-order valence-corrected chi connectivity index (χ1v) is 7.25. The fourth-order valence-electron chi connectivity index (χ4n) is 1.60. The zero-order chi connectivity index (χ0) is 15.6. The van der Waals surface area contributed by atoms with Gasteiger partial charge in [-0.2, -0.15) is 0 Å². The number of rotatable bonds is 4. The molecule has 21 heavy (non-hydrogen) atoms. The number of anilines is 1. The van der Waals surface area contributed by atoms with E-state index < -0.39 is 17.4 Å². The van der Waals surface area contributed by atoms with Crippen LogP contribution < -0.4 is 10.6 Å². The Morgan fingerprint density at radius 1 is 1.38 bits per heavy atom. The lowest BCUT2D eigenvalue weighted by Gasteiger charge is -2.19. The Hall–Kier alpha value is -2.15. The number of nitrogens with one attached hydrogen (secondary N) is 2. The summed E-state index contributed by atoms with van der Waals surface area (Å²) in [6, 6.07) is 5.41. The van der Waals surface area contributed by atoms with Crippen molar-refractivity contribution in [2.75, 3.05) is 11.9 Å². The van der Waals surface area contributed by atoms with Gasteiger partial charge in [-0.05, 0) is 38.5 Å². The zero-order valence-corrected chi connectivity index (χ0v) is 12.9. The first-order valence-electron chi connectivity index (χ1n) is 6.43. The topological polar surface area (TPSA) is 91.3 Å². The van der Waals surface area contributed by atoms with Crippen molar-refractivity contribution in [2.24, 2.45) is 5.41 Å². The number of carbonyl (C=O) groups is 2. The van der Waals surface area contributed by atoms with E-state index in [1.807, 2.05) is 25.1 Å². The molecule has 2 amide bonds. The maximum absolute atomic E-state index is 11.8. The molecule has 0 atom stereocenters. The van der Waals surface area contributed by atoms with Gasteiger partial charge in [-0.25, -0.2) is 9.78 Å². The minimum atomic E-state index is -1.01. The second-order valence-corrected chi connectivity index (χ2v) is 6.52. The molecule has 0 radical (unpaired) electrons. The summed E-state index contributed by atoms with van der Waals surface area (Å²) in [6.45, 7) is 5.14. The van der Waals surface area contributed by atoms with E-state index in [4.69, 9.17) is 5.11 Å². The van der Waals surface area contributed by atoms with Crippen LogP contribution in [0.3, 0.4) is 0 Å². The summed E-state index contributed by atoms with van der Waals surface area (Å²) in [5.41, 5.74) is 0.944. The number of hydrogen-bond acceptors (Lipinski definition) is 4. The molecule has 1 aromatic carbocycles. The Morgan fingerprint density at radius 3 is 2.76 bits per heavy atom. The van der Waals surface area contributed by atoms with Gasteiger partial charge in [0.1, 0.15) is 0 Å². The Labute approximate surface area is 126 Å². The maximum atomic E-state index is 11.8. The fourth-order valence-corrected chi connectivity index (χ4v) is 2.56. The Balaban J connectivity index is 2.00. The molecule has 0 aliphatic heterocycles. The largest absolute Gasteiger partial charge is 0.481 e. The highest BCUT2D eigenvalue weighted by molar-refractivity contribution is 7.22. The molecule has 0 saturated heterocycles. The molecule has 1 aromatic heterocycles. The van der Waals surface area contributed by atoms with Crippen LogP contribution in [0, 0.1) is 12.3 Å². The molecule has 0 unspecified atom stereocenters. The van der Waals surface area contributed by atoms with Crippen molar-refractivity contribution in [2.45, 2.75) is 20.8 Å². The summed E-state index contributed by atoms with van der Waals surface area (Å²) in [5, 5.41) is 14.6. The van der Waals surface area contributed by atoms with Crippen molar-refractivity contribution >= 4 is 38.7 Å². The smallest absolute Gasteiger partial charge is 0.321 e. The fraction of sp³-hybridized carbons (Fsp3) is 0.357. The number of benzene rings is 1. The molecule has 0 aliphatic carbocycles. The van der Waals surface area contributed by atoms with Gasteiger partial charge in [-0.15, -0.1) is 0 Å². The van der Waals surface area contributed by atoms with E-state index >= 15 is 0 Å². The van der Waals surface area contributed by atoms with Crippen LogP contribution in [0.1, 0.15) is 19.4 Å². The zero-order valence-electron chi connectivity index (χ0n) is 12.1. The predicted molar refractivity (Wildman–Crippen MR) is 82.8 cm³/mol. The SMILES string of the molecule is Cc1ccc2nc(NC(=O)NCC(C)(C)C(=O)O)sc2c1. The first-order chi connectivity index (χ1) is 9.78. The molecule has 112 valence electrons. The van der Waals surface area contributed by atoms with Gasteiger partial charge in [-0.1, -0.05) is 17.4 Å². The van der Waals surface area contributed by atoms with Gasteiger partial charge < -0.3 is 10.4 Å². The minimum absolute atomic E-state index is 0.0399. The first kappa shape index (κ1) is 15.2. The molecule has 6 nitrogen and oxygen atoms in total. The highest BCUT2D eigenvalue weighted by atomic mass is 32.1. The molecule has 2 aromatic rings. The molecule has 0 spiro atoms. The van der Waals surface area contributed by atoms with Gasteiger partial charge in [0.15, 0.2) is 5.13 Å². The number of hydrogen-bond donors (Lipinski definition) is 3. The Bertz CT molecular complexity index is 694. The van der Waals surface area contributed by atoms with E-state index in [2.05, 4.69) is 15.6 Å². The highest BCUT2D eigenvalue weighted by Crippen LogP contribution is 2.26. The van der Waals surface area contributed by atoms with Gasteiger partial charge in [0.05, 0.1) is 15.6 Å². The van der Waals surface area contributed by atoms with E-state index in [1.54, 1.807) is 13.8 Å². The van der Waals surface area contributed by atoms with E-state index in [1.165, 1.54) is 11.3 Å². The lowest BCUT2D eigenvalue weighted by atomic mass is 9.94. The third-order valence-electron chi connectivity index (χ3n) is 3.03. The Morgan fingerprint density at radius 2 is 2.10 bits per heavy atom. The molecule has 3 N–H and O–H groups in total. The number of thiazole rings is 1. The van der Waals surface area contributed by atoms with Crippen LogP contribution in [-0.2, 0) is 4.79 Å². The van der Waals surface area contributed by atoms with Crippen molar-refractivity contribution in [1.82, 2.24) is 10.3 Å². The number of aryl methyl sites for hydroxylation is 1. The predicted octanol–water partition coefficient (Wildman–Crippen LogP) is 2.84. The average Bonchev–Trinajstić information content (AvgIpc) is 2.77. The lowest BCUT2D eigenvalue weighted by Crippen LogP contribution is -2.40. The minimum Gasteiger partial charge on any atom is -0.481 e. The van der Waals surface area contributed by atoms with Crippen molar-refractivity contribution in [3.8, 4) is 0 Å². The quantitative estimate of drug-likeness (QED) is 0.810. The van der Waals surface area contributed by atoms with E-state index in [0.717, 1.165) is 15.8 Å². The molecule has 0 fully saturated rings. The van der Waals surface area contributed by atoms with Crippen LogP contribution in [0.4, 0.5) is 9.93 Å². The summed E-state index contributed by atoms with van der Waals surface area (Å²) >= 11 is 1.38. The van der Waals surface area contributed by atoms with Crippen LogP contribution in [-0.4, -0.2) is 28.6 Å². The number of carboxylic acid groups (broad SMARTS) is 1. The summed E-state index contributed by atoms with van der Waals surface area (Å²) in [6.07, 6.45) is 0. The second kappa shape index (κ2) is 5.69. The number of nitrogens with zero attached hydrogens (tertiary/aromatic N) is 1. The number of aliphatic carboxylic acids is 1. The molecular formula is C14H17N3O3S. The third kappa shape index (κ3) is 3.69. The third-order valence-corrected chi connectivity index (χ3v) is 3.97. The van der Waals surface area contributed by atoms with Crippen LogP contribution in [0.2, 0.25) is 0 Å². The van der Waals surface area contributed by atoms with Crippen LogP contribution in [0.25, 0.3) is 10.2 Å². The second-order valence-electron chi connectivity index (χ2n) is 5.49. The number of carboxylic acids is 1. The van der Waals surface area contributed by atoms with Crippen molar-refractivity contribution in [3.63, 3.8) is 0 Å².